The molecule has 3 amide bonds. The van der Waals surface area contributed by atoms with Crippen LogP contribution in [0.2, 0.25) is 0 Å². The molecule has 0 bridgehead atoms. The van der Waals surface area contributed by atoms with Crippen LogP contribution in [-0.2, 0) is 25.6 Å². The zero-order chi connectivity index (χ0) is 29.2. The largest absolute Gasteiger partial charge is 0.508 e. The van der Waals surface area contributed by atoms with E-state index in [1.54, 1.807) is 31.4 Å². The van der Waals surface area contributed by atoms with Crippen molar-refractivity contribution in [2.24, 2.45) is 5.92 Å². The highest BCUT2D eigenvalue weighted by molar-refractivity contribution is 6.01. The van der Waals surface area contributed by atoms with Gasteiger partial charge in [0, 0.05) is 30.0 Å². The first kappa shape index (κ1) is 29.9. The van der Waals surface area contributed by atoms with Gasteiger partial charge in [0.25, 0.3) is 0 Å². The van der Waals surface area contributed by atoms with E-state index in [4.69, 9.17) is 9.84 Å². The van der Waals surface area contributed by atoms with Gasteiger partial charge in [0.05, 0.1) is 13.5 Å². The molecule has 0 saturated heterocycles. The van der Waals surface area contributed by atoms with Crippen molar-refractivity contribution in [2.45, 2.75) is 51.6 Å². The Morgan fingerprint density at radius 1 is 0.875 bits per heavy atom. The second kappa shape index (κ2) is 14.0. The molecule has 3 aromatic rings. The number of carboxylic acids is 1. The summed E-state index contributed by atoms with van der Waals surface area (Å²) in [5.41, 5.74) is 1.17. The molecule has 10 heteroatoms. The molecule has 0 spiro atoms. The van der Waals surface area contributed by atoms with E-state index in [1.165, 1.54) is 12.1 Å². The minimum Gasteiger partial charge on any atom is -0.508 e. The van der Waals surface area contributed by atoms with E-state index in [9.17, 15) is 24.3 Å². The Hall–Kier alpha value is -4.60. The predicted octanol–water partition coefficient (Wildman–Crippen LogP) is 3.62. The zero-order valence-electron chi connectivity index (χ0n) is 22.8. The number of methoxy groups -OCH3 is 1. The highest BCUT2D eigenvalue weighted by Crippen LogP contribution is 2.30. The van der Waals surface area contributed by atoms with Crippen molar-refractivity contribution in [3.8, 4) is 11.5 Å². The molecular weight excluding hydrogens is 514 g/mol. The number of amides is 3. The molecule has 212 valence electrons. The Bertz CT molecular complexity index is 1360. The van der Waals surface area contributed by atoms with Crippen LogP contribution in [0.5, 0.6) is 11.5 Å². The molecule has 0 aromatic heterocycles. The number of benzene rings is 3. The average Bonchev–Trinajstić information content (AvgIpc) is 2.91. The number of carbonyl (C=O) groups is 4. The number of hydrogen-bond acceptors (Lipinski definition) is 6. The third-order valence-electron chi connectivity index (χ3n) is 6.25. The minimum absolute atomic E-state index is 0.0324. The molecule has 0 heterocycles. The van der Waals surface area contributed by atoms with Crippen LogP contribution >= 0.6 is 0 Å². The SMILES string of the molecule is COc1cc(NC(=O)C(Cc2ccc(O)cc2)NC(=O)C(CC(C)C)NC(=O)CCC(=O)O)cc2ccccc12. The van der Waals surface area contributed by atoms with E-state index in [-0.39, 0.29) is 30.9 Å². The lowest BCUT2D eigenvalue weighted by Gasteiger charge is -2.24. The summed E-state index contributed by atoms with van der Waals surface area (Å²) in [5.74, 6) is -2.05. The fraction of sp³-hybridized carbons (Fsp3) is 0.333. The Morgan fingerprint density at radius 3 is 2.23 bits per heavy atom. The van der Waals surface area contributed by atoms with Crippen molar-refractivity contribution in [3.05, 3.63) is 66.2 Å². The number of phenols is 1. The van der Waals surface area contributed by atoms with Gasteiger partial charge in [0.1, 0.15) is 23.6 Å². The number of rotatable bonds is 13. The summed E-state index contributed by atoms with van der Waals surface area (Å²) in [7, 11) is 1.54. The molecule has 2 atom stereocenters. The van der Waals surface area contributed by atoms with Crippen molar-refractivity contribution < 1.29 is 34.1 Å². The predicted molar refractivity (Wildman–Crippen MR) is 151 cm³/mol. The van der Waals surface area contributed by atoms with Crippen molar-refractivity contribution in [2.75, 3.05) is 12.4 Å². The van der Waals surface area contributed by atoms with Crippen LogP contribution in [0.4, 0.5) is 5.69 Å². The van der Waals surface area contributed by atoms with E-state index in [0.717, 1.165) is 10.8 Å². The lowest BCUT2D eigenvalue weighted by Crippen LogP contribution is -2.53. The fourth-order valence-corrected chi connectivity index (χ4v) is 4.29. The molecule has 10 nitrogen and oxygen atoms in total. The van der Waals surface area contributed by atoms with Crippen LogP contribution in [0.25, 0.3) is 10.8 Å². The summed E-state index contributed by atoms with van der Waals surface area (Å²) in [6.45, 7) is 3.77. The lowest BCUT2D eigenvalue weighted by atomic mass is 10.0. The average molecular weight is 550 g/mol. The maximum atomic E-state index is 13.5. The summed E-state index contributed by atoms with van der Waals surface area (Å²) in [4.78, 5) is 50.1. The third kappa shape index (κ3) is 8.72. The van der Waals surface area contributed by atoms with Gasteiger partial charge in [-0.1, -0.05) is 50.2 Å². The molecule has 0 radical (unpaired) electrons. The van der Waals surface area contributed by atoms with Gasteiger partial charge < -0.3 is 30.9 Å². The van der Waals surface area contributed by atoms with E-state index >= 15 is 0 Å². The first-order valence-electron chi connectivity index (χ1n) is 13.0. The highest BCUT2D eigenvalue weighted by Gasteiger charge is 2.28. The van der Waals surface area contributed by atoms with Gasteiger partial charge >= 0.3 is 5.97 Å². The Kier molecular flexibility index (Phi) is 10.5. The Labute approximate surface area is 232 Å². The maximum Gasteiger partial charge on any atom is 0.303 e. The summed E-state index contributed by atoms with van der Waals surface area (Å²) in [6.07, 6.45) is -0.217. The number of carboxylic acid groups (broad SMARTS) is 1. The van der Waals surface area contributed by atoms with Gasteiger partial charge in [-0.05, 0) is 41.5 Å². The normalized spacial score (nSPS) is 12.4. The summed E-state index contributed by atoms with van der Waals surface area (Å²) < 4.78 is 5.50. The van der Waals surface area contributed by atoms with E-state index in [0.29, 0.717) is 23.4 Å². The van der Waals surface area contributed by atoms with Gasteiger partial charge in [-0.2, -0.15) is 0 Å². The number of aromatic hydroxyl groups is 1. The van der Waals surface area contributed by atoms with E-state index in [2.05, 4.69) is 16.0 Å². The van der Waals surface area contributed by atoms with Gasteiger partial charge in [-0.3, -0.25) is 19.2 Å². The number of carbonyl (C=O) groups excluding carboxylic acids is 3. The minimum atomic E-state index is -1.11. The summed E-state index contributed by atoms with van der Waals surface area (Å²) in [5, 5.41) is 28.5. The quantitative estimate of drug-likeness (QED) is 0.218. The number of phenolic OH excluding ortho intramolecular Hbond substituents is 1. The Morgan fingerprint density at radius 2 is 1.57 bits per heavy atom. The van der Waals surface area contributed by atoms with Crippen LogP contribution in [0.15, 0.2) is 60.7 Å². The van der Waals surface area contributed by atoms with Crippen molar-refractivity contribution in [1.29, 1.82) is 0 Å². The highest BCUT2D eigenvalue weighted by atomic mass is 16.5. The summed E-state index contributed by atoms with van der Waals surface area (Å²) >= 11 is 0. The number of fused-ring (bicyclic) bond motifs is 1. The van der Waals surface area contributed by atoms with Crippen molar-refractivity contribution in [1.82, 2.24) is 10.6 Å². The third-order valence-corrected chi connectivity index (χ3v) is 6.25. The first-order valence-corrected chi connectivity index (χ1v) is 13.0. The van der Waals surface area contributed by atoms with Gasteiger partial charge in [0.15, 0.2) is 0 Å². The Balaban J connectivity index is 1.85. The topological polar surface area (TPSA) is 154 Å². The van der Waals surface area contributed by atoms with Crippen molar-refractivity contribution in [3.63, 3.8) is 0 Å². The van der Waals surface area contributed by atoms with Crippen LogP contribution in [0, 0.1) is 5.92 Å². The second-order valence-corrected chi connectivity index (χ2v) is 9.96. The molecule has 40 heavy (non-hydrogen) atoms. The molecule has 3 rings (SSSR count). The molecule has 0 aliphatic carbocycles. The number of hydrogen-bond donors (Lipinski definition) is 5. The monoisotopic (exact) mass is 549 g/mol. The standard InChI is InChI=1S/C30H35N3O7/c1-18(2)14-24(32-27(35)12-13-28(36)37)30(39)33-25(15-19-8-10-22(34)11-9-19)29(38)31-21-16-20-6-4-5-7-23(20)26(17-21)40-3/h4-11,16-18,24-25,34H,12-15H2,1-3H3,(H,31,38)(H,32,35)(H,33,39)(H,36,37). The molecule has 0 aliphatic rings. The van der Waals surface area contributed by atoms with Gasteiger partial charge in [-0.15, -0.1) is 0 Å². The van der Waals surface area contributed by atoms with Crippen LogP contribution in [-0.4, -0.2) is 53.1 Å². The van der Waals surface area contributed by atoms with Crippen LogP contribution in [0.1, 0.15) is 38.7 Å². The number of aliphatic carboxylic acids is 1. The number of nitrogens with one attached hydrogen (secondary N) is 3. The second-order valence-electron chi connectivity index (χ2n) is 9.96. The molecule has 5 N–H and O–H groups in total. The smallest absolute Gasteiger partial charge is 0.303 e. The lowest BCUT2D eigenvalue weighted by molar-refractivity contribution is -0.139. The zero-order valence-corrected chi connectivity index (χ0v) is 22.8. The van der Waals surface area contributed by atoms with E-state index < -0.39 is 35.8 Å². The molecule has 3 aromatic carbocycles. The van der Waals surface area contributed by atoms with Crippen LogP contribution < -0.4 is 20.7 Å². The van der Waals surface area contributed by atoms with Gasteiger partial charge in [0.2, 0.25) is 17.7 Å². The first-order chi connectivity index (χ1) is 19.0. The van der Waals surface area contributed by atoms with Gasteiger partial charge in [-0.25, -0.2) is 0 Å². The number of anilines is 1. The van der Waals surface area contributed by atoms with E-state index in [1.807, 2.05) is 38.1 Å². The molecule has 0 aliphatic heterocycles. The maximum absolute atomic E-state index is 13.5. The molecular formula is C30H35N3O7. The fourth-order valence-electron chi connectivity index (χ4n) is 4.29. The number of ether oxygens (including phenoxy) is 1. The van der Waals surface area contributed by atoms with Crippen LogP contribution in [0.3, 0.4) is 0 Å². The van der Waals surface area contributed by atoms with Crippen molar-refractivity contribution >= 4 is 40.2 Å². The molecule has 0 fully saturated rings. The molecule has 2 unspecified atom stereocenters. The molecule has 0 saturated carbocycles. The summed E-state index contributed by atoms with van der Waals surface area (Å²) in [6, 6.07) is 15.4.